The number of carbonyl (C=O) groups is 1. The summed E-state index contributed by atoms with van der Waals surface area (Å²) in [6, 6.07) is 22.6. The molecular weight excluding hydrogens is 497 g/mol. The number of rotatable bonds is 13. The summed E-state index contributed by atoms with van der Waals surface area (Å²) >= 11 is 12.0. The number of unbranched alkanes of at least 4 members (excludes halogenated alkanes) is 1. The minimum absolute atomic E-state index is 0.0313. The molecule has 0 aliphatic heterocycles. The quantitative estimate of drug-likeness (QED) is 0.207. The normalized spacial score (nSPS) is 10.9. The predicted molar refractivity (Wildman–Crippen MR) is 144 cm³/mol. The Kier molecular flexibility index (Phi) is 9.47. The van der Waals surface area contributed by atoms with Crippen molar-refractivity contribution in [3.8, 4) is 11.5 Å². The van der Waals surface area contributed by atoms with Crippen molar-refractivity contribution in [3.05, 3.63) is 88.7 Å². The number of nitrogens with zero attached hydrogens (tertiary/aromatic N) is 2. The average molecular weight is 526 g/mol. The van der Waals surface area contributed by atoms with E-state index in [4.69, 9.17) is 37.7 Å². The third-order valence-electron chi connectivity index (χ3n) is 5.69. The highest BCUT2D eigenvalue weighted by atomic mass is 35.5. The molecule has 0 radical (unpaired) electrons. The van der Waals surface area contributed by atoms with Crippen LogP contribution in [0.15, 0.2) is 72.8 Å². The Balaban J connectivity index is 1.23. The summed E-state index contributed by atoms with van der Waals surface area (Å²) in [5.74, 6) is 2.20. The Morgan fingerprint density at radius 2 is 1.67 bits per heavy atom. The number of fused-ring (bicyclic) bond motifs is 1. The molecule has 0 unspecified atom stereocenters. The van der Waals surface area contributed by atoms with Gasteiger partial charge in [-0.2, -0.15) is 0 Å². The molecule has 4 rings (SSSR count). The summed E-state index contributed by atoms with van der Waals surface area (Å²) in [4.78, 5) is 17.0. The molecule has 0 aliphatic rings. The summed E-state index contributed by atoms with van der Waals surface area (Å²) in [6.45, 7) is 1.98. The van der Waals surface area contributed by atoms with E-state index in [1.165, 1.54) is 0 Å². The van der Waals surface area contributed by atoms with Crippen molar-refractivity contribution in [1.29, 1.82) is 0 Å². The fourth-order valence-corrected chi connectivity index (χ4v) is 4.20. The molecule has 36 heavy (non-hydrogen) atoms. The second-order valence-electron chi connectivity index (χ2n) is 8.35. The molecule has 0 atom stereocenters. The van der Waals surface area contributed by atoms with Gasteiger partial charge in [-0.1, -0.05) is 47.5 Å². The lowest BCUT2D eigenvalue weighted by molar-refractivity contribution is -0.123. The molecule has 188 valence electrons. The van der Waals surface area contributed by atoms with Crippen molar-refractivity contribution in [1.82, 2.24) is 14.9 Å². The molecule has 4 aromatic rings. The van der Waals surface area contributed by atoms with Crippen LogP contribution in [0.2, 0.25) is 10.0 Å². The van der Waals surface area contributed by atoms with Crippen LogP contribution in [0.3, 0.4) is 0 Å². The summed E-state index contributed by atoms with van der Waals surface area (Å²) in [5, 5.41) is 4.17. The first kappa shape index (κ1) is 25.9. The van der Waals surface area contributed by atoms with Gasteiger partial charge in [0, 0.05) is 24.5 Å². The predicted octanol–water partition coefficient (Wildman–Crippen LogP) is 6.33. The molecule has 0 spiro atoms. The number of nitrogens with one attached hydrogen (secondary N) is 1. The van der Waals surface area contributed by atoms with E-state index in [9.17, 15) is 4.79 Å². The number of carbonyl (C=O) groups excluding carboxylic acids is 1. The molecule has 1 aromatic heterocycles. The minimum Gasteiger partial charge on any atom is -0.492 e. The second-order valence-corrected chi connectivity index (χ2v) is 9.19. The highest BCUT2D eigenvalue weighted by molar-refractivity contribution is 6.32. The molecule has 0 bridgehead atoms. The van der Waals surface area contributed by atoms with E-state index < -0.39 is 0 Å². The van der Waals surface area contributed by atoms with Crippen LogP contribution in [0.25, 0.3) is 11.0 Å². The summed E-state index contributed by atoms with van der Waals surface area (Å²) in [7, 11) is 0. The van der Waals surface area contributed by atoms with Crippen molar-refractivity contribution in [2.75, 3.05) is 19.8 Å². The summed E-state index contributed by atoms with van der Waals surface area (Å²) < 4.78 is 13.6. The smallest absolute Gasteiger partial charge is 0.257 e. The number of benzene rings is 3. The Hall–Kier alpha value is -3.22. The molecule has 0 saturated heterocycles. The highest BCUT2D eigenvalue weighted by Crippen LogP contribution is 2.23. The standard InChI is InChI=1S/C28H29Cl2N3O3/c29-21-13-15-22(16-14-21)36-20-28(34)31-17-7-12-27-32-24-9-2-3-10-25(24)33(27)18-5-6-19-35-26-11-4-1-8-23(26)30/h1-4,8-11,13-16H,5-7,12,17-20H2,(H,31,34). The van der Waals surface area contributed by atoms with Gasteiger partial charge in [-0.05, 0) is 67.8 Å². The lowest BCUT2D eigenvalue weighted by Crippen LogP contribution is -2.30. The van der Waals surface area contributed by atoms with Gasteiger partial charge in [-0.3, -0.25) is 4.79 Å². The lowest BCUT2D eigenvalue weighted by Gasteiger charge is -2.11. The molecule has 8 heteroatoms. The van der Waals surface area contributed by atoms with Gasteiger partial charge in [0.15, 0.2) is 6.61 Å². The maximum Gasteiger partial charge on any atom is 0.257 e. The van der Waals surface area contributed by atoms with E-state index in [-0.39, 0.29) is 12.5 Å². The molecule has 6 nitrogen and oxygen atoms in total. The molecule has 3 aromatic carbocycles. The Morgan fingerprint density at radius 1 is 0.889 bits per heavy atom. The number of para-hydroxylation sites is 3. The SMILES string of the molecule is O=C(COc1ccc(Cl)cc1)NCCCc1nc2ccccc2n1CCCCOc1ccccc1Cl. The van der Waals surface area contributed by atoms with E-state index >= 15 is 0 Å². The van der Waals surface area contributed by atoms with Gasteiger partial charge in [0.05, 0.1) is 22.7 Å². The molecule has 1 N–H and O–H groups in total. The van der Waals surface area contributed by atoms with Gasteiger partial charge in [-0.25, -0.2) is 4.98 Å². The van der Waals surface area contributed by atoms with Gasteiger partial charge < -0.3 is 19.4 Å². The van der Waals surface area contributed by atoms with E-state index in [0.29, 0.717) is 34.7 Å². The number of aromatic nitrogens is 2. The highest BCUT2D eigenvalue weighted by Gasteiger charge is 2.11. The van der Waals surface area contributed by atoms with Gasteiger partial charge in [0.1, 0.15) is 17.3 Å². The van der Waals surface area contributed by atoms with Crippen LogP contribution in [-0.2, 0) is 17.8 Å². The van der Waals surface area contributed by atoms with Gasteiger partial charge in [-0.15, -0.1) is 0 Å². The molecule has 0 aliphatic carbocycles. The average Bonchev–Trinajstić information content (AvgIpc) is 3.24. The van der Waals surface area contributed by atoms with Crippen LogP contribution < -0.4 is 14.8 Å². The Labute approximate surface area is 221 Å². The number of hydrogen-bond donors (Lipinski definition) is 1. The van der Waals surface area contributed by atoms with Crippen LogP contribution >= 0.6 is 23.2 Å². The van der Waals surface area contributed by atoms with E-state index in [1.807, 2.05) is 42.5 Å². The first-order valence-electron chi connectivity index (χ1n) is 12.1. The van der Waals surface area contributed by atoms with Crippen LogP contribution in [-0.4, -0.2) is 35.2 Å². The third kappa shape index (κ3) is 7.39. The van der Waals surface area contributed by atoms with Gasteiger partial charge >= 0.3 is 0 Å². The first-order chi connectivity index (χ1) is 17.6. The number of aryl methyl sites for hydroxylation is 2. The van der Waals surface area contributed by atoms with Crippen molar-refractivity contribution in [2.45, 2.75) is 32.2 Å². The molecule has 0 fully saturated rings. The maximum atomic E-state index is 12.1. The van der Waals surface area contributed by atoms with Crippen molar-refractivity contribution in [2.24, 2.45) is 0 Å². The van der Waals surface area contributed by atoms with Crippen LogP contribution in [0.5, 0.6) is 11.5 Å². The molecule has 0 saturated carbocycles. The zero-order chi connectivity index (χ0) is 25.2. The largest absolute Gasteiger partial charge is 0.492 e. The Bertz CT molecular complexity index is 1270. The molecule has 1 amide bonds. The van der Waals surface area contributed by atoms with Crippen LogP contribution in [0.1, 0.15) is 25.1 Å². The van der Waals surface area contributed by atoms with Crippen LogP contribution in [0, 0.1) is 0 Å². The second kappa shape index (κ2) is 13.2. The molecular formula is C28H29Cl2N3O3. The zero-order valence-corrected chi connectivity index (χ0v) is 21.5. The molecule has 1 heterocycles. The number of imidazole rings is 1. The first-order valence-corrected chi connectivity index (χ1v) is 12.8. The number of amides is 1. The summed E-state index contributed by atoms with van der Waals surface area (Å²) in [6.07, 6.45) is 3.41. The lowest BCUT2D eigenvalue weighted by atomic mass is 10.2. The van der Waals surface area contributed by atoms with E-state index in [2.05, 4.69) is 16.0 Å². The summed E-state index contributed by atoms with van der Waals surface area (Å²) in [5.41, 5.74) is 2.11. The number of halogens is 2. The number of ether oxygens (including phenoxy) is 2. The van der Waals surface area contributed by atoms with Crippen molar-refractivity contribution in [3.63, 3.8) is 0 Å². The fraction of sp³-hybridized carbons (Fsp3) is 0.286. The van der Waals surface area contributed by atoms with Gasteiger partial charge in [0.25, 0.3) is 5.91 Å². The monoisotopic (exact) mass is 525 g/mol. The third-order valence-corrected chi connectivity index (χ3v) is 6.25. The Morgan fingerprint density at radius 3 is 2.50 bits per heavy atom. The van der Waals surface area contributed by atoms with E-state index in [0.717, 1.165) is 49.1 Å². The van der Waals surface area contributed by atoms with E-state index in [1.54, 1.807) is 24.3 Å². The fourth-order valence-electron chi connectivity index (χ4n) is 3.89. The topological polar surface area (TPSA) is 65.4 Å². The van der Waals surface area contributed by atoms with Crippen molar-refractivity contribution >= 4 is 40.1 Å². The van der Waals surface area contributed by atoms with Gasteiger partial charge in [0.2, 0.25) is 0 Å². The minimum atomic E-state index is -0.156. The zero-order valence-electron chi connectivity index (χ0n) is 20.0. The number of hydrogen-bond acceptors (Lipinski definition) is 4. The van der Waals surface area contributed by atoms with Crippen LogP contribution in [0.4, 0.5) is 0 Å². The maximum absolute atomic E-state index is 12.1. The van der Waals surface area contributed by atoms with Crippen molar-refractivity contribution < 1.29 is 14.3 Å².